The molecule has 1 aliphatic rings. The molecule has 0 aromatic heterocycles. The second-order valence-corrected chi connectivity index (χ2v) is 9.06. The van der Waals surface area contributed by atoms with Crippen LogP contribution >= 0.6 is 11.8 Å². The molecule has 4 heteroatoms. The molecule has 2 aromatic rings. The summed E-state index contributed by atoms with van der Waals surface area (Å²) < 4.78 is 0. The molecule has 0 fully saturated rings. The van der Waals surface area contributed by atoms with E-state index in [1.54, 1.807) is 11.8 Å². The topological polar surface area (TPSA) is 63.3 Å². The molecule has 3 nitrogen and oxygen atoms in total. The van der Waals surface area contributed by atoms with E-state index in [4.69, 9.17) is 5.73 Å². The van der Waals surface area contributed by atoms with E-state index in [-0.39, 0.29) is 17.5 Å². The Labute approximate surface area is 178 Å². The first-order valence-electron chi connectivity index (χ1n) is 10.5. The highest BCUT2D eigenvalue weighted by Crippen LogP contribution is 2.38. The summed E-state index contributed by atoms with van der Waals surface area (Å²) in [5, 5.41) is 10.9. The second-order valence-electron chi connectivity index (χ2n) is 7.89. The zero-order valence-electron chi connectivity index (χ0n) is 17.6. The van der Waals surface area contributed by atoms with Gasteiger partial charge in [-0.05, 0) is 78.8 Å². The van der Waals surface area contributed by atoms with E-state index in [0.717, 1.165) is 47.4 Å². The van der Waals surface area contributed by atoms with Crippen LogP contribution in [-0.2, 0) is 17.6 Å². The van der Waals surface area contributed by atoms with Crippen molar-refractivity contribution in [3.8, 4) is 0 Å². The lowest BCUT2D eigenvalue weighted by molar-refractivity contribution is -0.115. The Balaban J connectivity index is 1.75. The first-order valence-corrected chi connectivity index (χ1v) is 11.5. The molecule has 1 atom stereocenters. The number of carbonyl (C=O) groups is 1. The van der Waals surface area contributed by atoms with Gasteiger partial charge in [0.15, 0.2) is 5.78 Å². The fourth-order valence-electron chi connectivity index (χ4n) is 4.19. The van der Waals surface area contributed by atoms with Crippen LogP contribution in [0, 0.1) is 12.8 Å². The van der Waals surface area contributed by atoms with Crippen LogP contribution in [0.3, 0.4) is 0 Å². The maximum atomic E-state index is 13.1. The van der Waals surface area contributed by atoms with E-state index >= 15 is 0 Å². The van der Waals surface area contributed by atoms with Crippen LogP contribution < -0.4 is 5.73 Å². The Morgan fingerprint density at radius 3 is 2.24 bits per heavy atom. The number of carbonyl (C=O) groups excluding carboxylic acids is 1. The Kier molecular flexibility index (Phi) is 7.07. The molecule has 3 rings (SSSR count). The van der Waals surface area contributed by atoms with Crippen LogP contribution in [0.1, 0.15) is 55.4 Å². The lowest BCUT2D eigenvalue weighted by Crippen LogP contribution is -2.21. The average Bonchev–Trinajstić information content (AvgIpc) is 2.69. The number of ketones is 1. The molecule has 2 aromatic carbocycles. The summed E-state index contributed by atoms with van der Waals surface area (Å²) in [6.07, 6.45) is 3.73. The number of hydrogen-bond donors (Lipinski definition) is 2. The van der Waals surface area contributed by atoms with Crippen LogP contribution in [0.2, 0.25) is 0 Å². The molecule has 0 spiro atoms. The minimum absolute atomic E-state index is 0.0875. The molecule has 0 heterocycles. The summed E-state index contributed by atoms with van der Waals surface area (Å²) in [6, 6.07) is 12.2. The number of Topliss-reactive ketones (excluding diaryl/α,β-unsaturated/α-hetero) is 1. The van der Waals surface area contributed by atoms with Crippen molar-refractivity contribution in [1.82, 2.24) is 0 Å². The number of allylic oxidation sites excluding steroid dienone is 2. The maximum absolute atomic E-state index is 13.1. The van der Waals surface area contributed by atoms with Crippen molar-refractivity contribution in [3.05, 3.63) is 64.4 Å². The first-order chi connectivity index (χ1) is 13.9. The van der Waals surface area contributed by atoms with Gasteiger partial charge in [0, 0.05) is 23.4 Å². The van der Waals surface area contributed by atoms with Crippen LogP contribution in [0.4, 0.5) is 5.69 Å². The van der Waals surface area contributed by atoms with Crippen molar-refractivity contribution in [1.29, 1.82) is 0 Å². The molecular formula is C25H31NO2S. The van der Waals surface area contributed by atoms with Crippen molar-refractivity contribution >= 4 is 28.8 Å². The standard InChI is InChI=1S/C25H31NO2S/c1-4-18-12-16(3)13-19(5-2)24(18)25-22(27)14-17(15-23(25)28)10-11-29-21-8-6-20(26)7-9-21/h6-9,12-13,17,27H,4-5,10-11,14-15,26H2,1-3H3. The van der Waals surface area contributed by atoms with Crippen molar-refractivity contribution in [3.63, 3.8) is 0 Å². The van der Waals surface area contributed by atoms with Gasteiger partial charge < -0.3 is 10.8 Å². The van der Waals surface area contributed by atoms with E-state index in [0.29, 0.717) is 18.4 Å². The summed E-state index contributed by atoms with van der Waals surface area (Å²) in [6.45, 7) is 6.31. The van der Waals surface area contributed by atoms with E-state index in [2.05, 4.69) is 32.9 Å². The number of nitrogens with two attached hydrogens (primary N) is 1. The van der Waals surface area contributed by atoms with Crippen LogP contribution in [0.15, 0.2) is 47.1 Å². The highest BCUT2D eigenvalue weighted by atomic mass is 32.2. The van der Waals surface area contributed by atoms with Gasteiger partial charge >= 0.3 is 0 Å². The Hall–Kier alpha value is -2.20. The minimum Gasteiger partial charge on any atom is -0.512 e. The van der Waals surface area contributed by atoms with E-state index in [1.807, 2.05) is 24.3 Å². The van der Waals surface area contributed by atoms with Gasteiger partial charge in [-0.2, -0.15) is 0 Å². The van der Waals surface area contributed by atoms with Crippen LogP contribution in [0.25, 0.3) is 5.57 Å². The monoisotopic (exact) mass is 409 g/mol. The van der Waals surface area contributed by atoms with E-state index < -0.39 is 0 Å². The normalized spacial score (nSPS) is 17.1. The minimum atomic E-state index is 0.0875. The molecule has 0 saturated carbocycles. The van der Waals surface area contributed by atoms with Gasteiger partial charge in [0.1, 0.15) is 5.76 Å². The number of hydrogen-bond acceptors (Lipinski definition) is 4. The average molecular weight is 410 g/mol. The number of aliphatic hydroxyl groups is 1. The van der Waals surface area contributed by atoms with Gasteiger partial charge in [-0.15, -0.1) is 11.8 Å². The van der Waals surface area contributed by atoms with Crippen LogP contribution in [0.5, 0.6) is 0 Å². The quantitative estimate of drug-likeness (QED) is 0.426. The Bertz CT molecular complexity index is 890. The molecule has 0 saturated heterocycles. The molecule has 3 N–H and O–H groups in total. The lowest BCUT2D eigenvalue weighted by atomic mass is 9.79. The first kappa shape index (κ1) is 21.5. The number of anilines is 1. The highest BCUT2D eigenvalue weighted by Gasteiger charge is 2.30. The third kappa shape index (κ3) is 5.05. The van der Waals surface area contributed by atoms with Crippen molar-refractivity contribution in [2.75, 3.05) is 11.5 Å². The van der Waals surface area contributed by atoms with Gasteiger partial charge in [-0.25, -0.2) is 0 Å². The second kappa shape index (κ2) is 9.53. The number of rotatable bonds is 7. The number of aliphatic hydroxyl groups excluding tert-OH is 1. The van der Waals surface area contributed by atoms with Crippen molar-refractivity contribution in [2.45, 2.75) is 57.8 Å². The zero-order chi connectivity index (χ0) is 21.0. The largest absolute Gasteiger partial charge is 0.512 e. The molecule has 1 aliphatic carbocycles. The molecule has 0 radical (unpaired) electrons. The van der Waals surface area contributed by atoms with E-state index in [9.17, 15) is 9.90 Å². The Morgan fingerprint density at radius 1 is 1.07 bits per heavy atom. The molecule has 29 heavy (non-hydrogen) atoms. The van der Waals surface area contributed by atoms with Crippen molar-refractivity contribution < 1.29 is 9.90 Å². The van der Waals surface area contributed by atoms with Gasteiger partial charge in [0.05, 0.1) is 5.57 Å². The lowest BCUT2D eigenvalue weighted by Gasteiger charge is -2.26. The third-order valence-electron chi connectivity index (χ3n) is 5.66. The molecule has 154 valence electrons. The van der Waals surface area contributed by atoms with Gasteiger partial charge in [0.2, 0.25) is 0 Å². The fraction of sp³-hybridized carbons (Fsp3) is 0.400. The third-order valence-corrected chi connectivity index (χ3v) is 6.70. The van der Waals surface area contributed by atoms with Crippen molar-refractivity contribution in [2.24, 2.45) is 5.92 Å². The molecular weight excluding hydrogens is 378 g/mol. The fourth-order valence-corrected chi connectivity index (χ4v) is 5.20. The number of nitrogen functional groups attached to an aromatic ring is 1. The van der Waals surface area contributed by atoms with Gasteiger partial charge in [-0.3, -0.25) is 4.79 Å². The number of benzene rings is 2. The molecule has 0 aliphatic heterocycles. The summed E-state index contributed by atoms with van der Waals surface area (Å²) in [7, 11) is 0. The van der Waals surface area contributed by atoms with E-state index in [1.165, 1.54) is 10.5 Å². The number of aryl methyl sites for hydroxylation is 3. The predicted molar refractivity (Wildman–Crippen MR) is 123 cm³/mol. The molecule has 0 amide bonds. The summed E-state index contributed by atoms with van der Waals surface area (Å²) in [5.41, 5.74) is 11.6. The summed E-state index contributed by atoms with van der Waals surface area (Å²) in [4.78, 5) is 14.3. The maximum Gasteiger partial charge on any atom is 0.167 e. The molecule has 1 unspecified atom stereocenters. The smallest absolute Gasteiger partial charge is 0.167 e. The van der Waals surface area contributed by atoms with Gasteiger partial charge in [-0.1, -0.05) is 31.5 Å². The van der Waals surface area contributed by atoms with Gasteiger partial charge in [0.25, 0.3) is 0 Å². The number of thioether (sulfide) groups is 1. The SMILES string of the molecule is CCc1cc(C)cc(CC)c1C1=C(O)CC(CCSc2ccc(N)cc2)CC1=O. The van der Waals surface area contributed by atoms with Crippen LogP contribution in [-0.4, -0.2) is 16.6 Å². The summed E-state index contributed by atoms with van der Waals surface area (Å²) >= 11 is 1.77. The Morgan fingerprint density at radius 2 is 1.69 bits per heavy atom. The highest BCUT2D eigenvalue weighted by molar-refractivity contribution is 7.99. The zero-order valence-corrected chi connectivity index (χ0v) is 18.4. The summed E-state index contributed by atoms with van der Waals surface area (Å²) in [5.74, 6) is 1.49. The molecule has 0 bridgehead atoms. The predicted octanol–water partition coefficient (Wildman–Crippen LogP) is 6.13.